The highest BCUT2D eigenvalue weighted by Crippen LogP contribution is 2.33. The standard InChI is InChI=1S/C20H14Cl4N2O3S/c21-13-6-8-18(16(23)10-13)25-20(27)12-26(19-9-7-14(22)11-17(19)24)30(28,29)15-4-2-1-3-5-15/h1-11H,12H2,(H,25,27). The lowest BCUT2D eigenvalue weighted by Crippen LogP contribution is -2.38. The normalized spacial score (nSPS) is 11.2. The summed E-state index contributed by atoms with van der Waals surface area (Å²) in [7, 11) is -4.10. The molecule has 3 rings (SSSR count). The first kappa shape index (κ1) is 22.7. The molecule has 0 bridgehead atoms. The molecule has 1 amide bonds. The van der Waals surface area contributed by atoms with Crippen molar-refractivity contribution in [2.45, 2.75) is 4.90 Å². The van der Waals surface area contributed by atoms with Crippen LogP contribution in [0.4, 0.5) is 11.4 Å². The molecule has 3 aromatic carbocycles. The van der Waals surface area contributed by atoms with Gasteiger partial charge < -0.3 is 5.32 Å². The SMILES string of the molecule is O=C(CN(c1ccc(Cl)cc1Cl)S(=O)(=O)c1ccccc1)Nc1ccc(Cl)cc1Cl. The van der Waals surface area contributed by atoms with Crippen molar-refractivity contribution in [3.63, 3.8) is 0 Å². The maximum absolute atomic E-state index is 13.3. The van der Waals surface area contributed by atoms with E-state index in [1.807, 2.05) is 0 Å². The van der Waals surface area contributed by atoms with Gasteiger partial charge in [0.05, 0.1) is 26.3 Å². The molecule has 0 spiro atoms. The van der Waals surface area contributed by atoms with E-state index < -0.39 is 22.5 Å². The van der Waals surface area contributed by atoms with Crippen LogP contribution in [-0.2, 0) is 14.8 Å². The Hall–Kier alpha value is -1.96. The largest absolute Gasteiger partial charge is 0.323 e. The Labute approximate surface area is 194 Å². The molecule has 0 radical (unpaired) electrons. The Kier molecular flexibility index (Phi) is 7.16. The number of halogens is 4. The zero-order valence-electron chi connectivity index (χ0n) is 15.2. The molecule has 0 heterocycles. The molecule has 0 aliphatic rings. The number of hydrogen-bond donors (Lipinski definition) is 1. The molecular formula is C20H14Cl4N2O3S. The maximum Gasteiger partial charge on any atom is 0.264 e. The molecule has 0 saturated carbocycles. The molecule has 0 aliphatic carbocycles. The molecule has 0 unspecified atom stereocenters. The van der Waals surface area contributed by atoms with Crippen molar-refractivity contribution in [2.75, 3.05) is 16.2 Å². The summed E-state index contributed by atoms with van der Waals surface area (Å²) in [6.07, 6.45) is 0. The molecule has 0 atom stereocenters. The Morgan fingerprint density at radius 1 is 0.833 bits per heavy atom. The molecule has 156 valence electrons. The Bertz CT molecular complexity index is 1190. The summed E-state index contributed by atoms with van der Waals surface area (Å²) in [6, 6.07) is 16.6. The van der Waals surface area contributed by atoms with E-state index in [1.165, 1.54) is 42.5 Å². The van der Waals surface area contributed by atoms with Crippen molar-refractivity contribution in [1.29, 1.82) is 0 Å². The number of carbonyl (C=O) groups excluding carboxylic acids is 1. The summed E-state index contributed by atoms with van der Waals surface area (Å²) in [5.41, 5.74) is 0.410. The van der Waals surface area contributed by atoms with Crippen LogP contribution in [0.15, 0.2) is 71.6 Å². The van der Waals surface area contributed by atoms with Gasteiger partial charge in [-0.05, 0) is 48.5 Å². The fourth-order valence-electron chi connectivity index (χ4n) is 2.61. The van der Waals surface area contributed by atoms with Crippen LogP contribution < -0.4 is 9.62 Å². The van der Waals surface area contributed by atoms with Crippen LogP contribution in [-0.4, -0.2) is 20.9 Å². The number of rotatable bonds is 6. The van der Waals surface area contributed by atoms with Gasteiger partial charge in [-0.15, -0.1) is 0 Å². The molecule has 5 nitrogen and oxygen atoms in total. The highest BCUT2D eigenvalue weighted by Gasteiger charge is 2.29. The van der Waals surface area contributed by atoms with Gasteiger partial charge in [0.2, 0.25) is 5.91 Å². The van der Waals surface area contributed by atoms with E-state index >= 15 is 0 Å². The van der Waals surface area contributed by atoms with Gasteiger partial charge in [0, 0.05) is 10.0 Å². The van der Waals surface area contributed by atoms with E-state index in [0.29, 0.717) is 15.7 Å². The van der Waals surface area contributed by atoms with Gasteiger partial charge in [-0.3, -0.25) is 9.10 Å². The summed E-state index contributed by atoms with van der Waals surface area (Å²) >= 11 is 24.1. The predicted molar refractivity (Wildman–Crippen MR) is 123 cm³/mol. The number of anilines is 2. The smallest absolute Gasteiger partial charge is 0.264 e. The van der Waals surface area contributed by atoms with Crippen molar-refractivity contribution < 1.29 is 13.2 Å². The van der Waals surface area contributed by atoms with E-state index in [1.54, 1.807) is 24.3 Å². The van der Waals surface area contributed by atoms with Crippen molar-refractivity contribution in [3.8, 4) is 0 Å². The van der Waals surface area contributed by atoms with Crippen molar-refractivity contribution in [3.05, 3.63) is 86.8 Å². The van der Waals surface area contributed by atoms with Crippen LogP contribution in [0.5, 0.6) is 0 Å². The minimum absolute atomic E-state index is 0.00772. The van der Waals surface area contributed by atoms with Crippen LogP contribution in [0.25, 0.3) is 0 Å². The van der Waals surface area contributed by atoms with E-state index in [2.05, 4.69) is 5.32 Å². The van der Waals surface area contributed by atoms with Crippen LogP contribution in [0.3, 0.4) is 0 Å². The zero-order valence-corrected chi connectivity index (χ0v) is 19.0. The van der Waals surface area contributed by atoms with Gasteiger partial charge in [-0.2, -0.15) is 0 Å². The first-order valence-electron chi connectivity index (χ1n) is 8.46. The minimum Gasteiger partial charge on any atom is -0.323 e. The van der Waals surface area contributed by atoms with E-state index in [9.17, 15) is 13.2 Å². The topological polar surface area (TPSA) is 66.5 Å². The third-order valence-electron chi connectivity index (χ3n) is 4.00. The third-order valence-corrected chi connectivity index (χ3v) is 6.86. The summed E-state index contributed by atoms with van der Waals surface area (Å²) in [4.78, 5) is 12.7. The summed E-state index contributed by atoms with van der Waals surface area (Å²) in [6.45, 7) is -0.544. The number of benzene rings is 3. The molecule has 10 heteroatoms. The number of carbonyl (C=O) groups is 1. The van der Waals surface area contributed by atoms with Crippen LogP contribution in [0.1, 0.15) is 0 Å². The van der Waals surface area contributed by atoms with Gasteiger partial charge in [0.15, 0.2) is 0 Å². The van der Waals surface area contributed by atoms with Crippen LogP contribution >= 0.6 is 46.4 Å². The maximum atomic E-state index is 13.3. The molecule has 3 aromatic rings. The molecular weight excluding hydrogens is 490 g/mol. The average molecular weight is 504 g/mol. The molecule has 0 aliphatic heterocycles. The zero-order chi connectivity index (χ0) is 21.9. The van der Waals surface area contributed by atoms with Crippen LogP contribution in [0.2, 0.25) is 20.1 Å². The highest BCUT2D eigenvalue weighted by atomic mass is 35.5. The number of sulfonamides is 1. The molecule has 30 heavy (non-hydrogen) atoms. The van der Waals surface area contributed by atoms with Crippen molar-refractivity contribution in [1.82, 2.24) is 0 Å². The van der Waals surface area contributed by atoms with Crippen LogP contribution in [0, 0.1) is 0 Å². The minimum atomic E-state index is -4.10. The van der Waals surface area contributed by atoms with Crippen molar-refractivity contribution in [2.24, 2.45) is 0 Å². The lowest BCUT2D eigenvalue weighted by Gasteiger charge is -2.25. The number of amides is 1. The number of nitrogens with one attached hydrogen (secondary N) is 1. The number of hydrogen-bond acceptors (Lipinski definition) is 3. The fraction of sp³-hybridized carbons (Fsp3) is 0.0500. The van der Waals surface area contributed by atoms with E-state index in [-0.39, 0.29) is 20.6 Å². The van der Waals surface area contributed by atoms with E-state index in [4.69, 9.17) is 46.4 Å². The van der Waals surface area contributed by atoms with Gasteiger partial charge in [-0.1, -0.05) is 64.6 Å². The lowest BCUT2D eigenvalue weighted by atomic mass is 10.3. The second-order valence-electron chi connectivity index (χ2n) is 6.09. The van der Waals surface area contributed by atoms with Gasteiger partial charge in [-0.25, -0.2) is 8.42 Å². The summed E-state index contributed by atoms with van der Waals surface area (Å²) in [5.74, 6) is -0.621. The lowest BCUT2D eigenvalue weighted by molar-refractivity contribution is -0.114. The molecule has 0 fully saturated rings. The Morgan fingerprint density at radius 3 is 2.03 bits per heavy atom. The first-order valence-corrected chi connectivity index (χ1v) is 11.4. The van der Waals surface area contributed by atoms with Gasteiger partial charge in [0.25, 0.3) is 10.0 Å². The number of nitrogens with zero attached hydrogens (tertiary/aromatic N) is 1. The highest BCUT2D eigenvalue weighted by molar-refractivity contribution is 7.92. The molecule has 0 aromatic heterocycles. The monoisotopic (exact) mass is 502 g/mol. The average Bonchev–Trinajstić information content (AvgIpc) is 2.69. The second kappa shape index (κ2) is 9.45. The molecule has 0 saturated heterocycles. The predicted octanol–water partition coefficient (Wildman–Crippen LogP) is 6.13. The Morgan fingerprint density at radius 2 is 1.43 bits per heavy atom. The molecule has 1 N–H and O–H groups in total. The Balaban J connectivity index is 1.98. The van der Waals surface area contributed by atoms with Gasteiger partial charge in [0.1, 0.15) is 6.54 Å². The van der Waals surface area contributed by atoms with E-state index in [0.717, 1.165) is 4.31 Å². The summed E-state index contributed by atoms with van der Waals surface area (Å²) in [5, 5.41) is 3.62. The van der Waals surface area contributed by atoms with Crippen molar-refractivity contribution >= 4 is 73.7 Å². The second-order valence-corrected chi connectivity index (χ2v) is 9.64. The third kappa shape index (κ3) is 5.20. The first-order chi connectivity index (χ1) is 14.2. The quantitative estimate of drug-likeness (QED) is 0.439. The fourth-order valence-corrected chi connectivity index (χ4v) is 5.09. The van der Waals surface area contributed by atoms with Gasteiger partial charge >= 0.3 is 0 Å². The summed E-state index contributed by atoms with van der Waals surface area (Å²) < 4.78 is 27.5.